The highest BCUT2D eigenvalue weighted by Gasteiger charge is 2.34. The highest BCUT2D eigenvalue weighted by molar-refractivity contribution is 5.90. The van der Waals surface area contributed by atoms with Crippen LogP contribution >= 0.6 is 0 Å². The number of rotatable bonds is 7. The Balaban J connectivity index is 1.62. The predicted molar refractivity (Wildman–Crippen MR) is 116 cm³/mol. The van der Waals surface area contributed by atoms with Crippen molar-refractivity contribution in [2.45, 2.75) is 32.7 Å². The van der Waals surface area contributed by atoms with E-state index in [-0.39, 0.29) is 19.2 Å². The smallest absolute Gasteiger partial charge is 0.322 e. The van der Waals surface area contributed by atoms with Gasteiger partial charge in [0.1, 0.15) is 0 Å². The average Bonchev–Trinajstić information content (AvgIpc) is 3.22. The van der Waals surface area contributed by atoms with Crippen molar-refractivity contribution in [2.24, 2.45) is 0 Å². The molecule has 2 heterocycles. The summed E-state index contributed by atoms with van der Waals surface area (Å²) in [5.74, 6) is 1.35. The van der Waals surface area contributed by atoms with Gasteiger partial charge in [0.15, 0.2) is 23.0 Å². The summed E-state index contributed by atoms with van der Waals surface area (Å²) in [4.78, 5) is 26.4. The summed E-state index contributed by atoms with van der Waals surface area (Å²) in [7, 11) is 0. The number of nitrogens with one attached hydrogen (secondary N) is 1. The summed E-state index contributed by atoms with van der Waals surface area (Å²) in [6.07, 6.45) is 0.355. The zero-order valence-corrected chi connectivity index (χ0v) is 18.1. The molecule has 0 radical (unpaired) electrons. The molecule has 0 saturated carbocycles. The van der Waals surface area contributed by atoms with Crippen molar-refractivity contribution >= 4 is 17.7 Å². The van der Waals surface area contributed by atoms with Gasteiger partial charge in [-0.2, -0.15) is 0 Å². The fourth-order valence-electron chi connectivity index (χ4n) is 4.04. The lowest BCUT2D eigenvalue weighted by atomic mass is 9.90. The number of carboxylic acids is 1. The average molecular weight is 442 g/mol. The number of benzene rings is 2. The van der Waals surface area contributed by atoms with Gasteiger partial charge >= 0.3 is 12.0 Å². The minimum atomic E-state index is -0.990. The Kier molecular flexibility index (Phi) is 6.25. The van der Waals surface area contributed by atoms with Crippen LogP contribution in [0.3, 0.4) is 0 Å². The number of urea groups is 1. The Morgan fingerprint density at radius 2 is 1.81 bits per heavy atom. The largest absolute Gasteiger partial charge is 0.490 e. The van der Waals surface area contributed by atoms with E-state index in [1.165, 1.54) is 0 Å². The van der Waals surface area contributed by atoms with Crippen LogP contribution in [0.15, 0.2) is 30.3 Å². The molecule has 0 fully saturated rings. The second-order valence-corrected chi connectivity index (χ2v) is 7.42. The van der Waals surface area contributed by atoms with Crippen molar-refractivity contribution in [3.8, 4) is 23.0 Å². The number of nitrogens with zero attached hydrogens (tertiary/aromatic N) is 1. The van der Waals surface area contributed by atoms with Crippen LogP contribution in [-0.4, -0.2) is 48.6 Å². The number of hydrogen-bond acceptors (Lipinski definition) is 6. The second-order valence-electron chi connectivity index (χ2n) is 7.42. The first kappa shape index (κ1) is 21.6. The predicted octanol–water partition coefficient (Wildman–Crippen LogP) is 3.82. The summed E-state index contributed by atoms with van der Waals surface area (Å²) in [5, 5.41) is 12.4. The van der Waals surface area contributed by atoms with Crippen LogP contribution in [0.25, 0.3) is 0 Å². The third-order valence-corrected chi connectivity index (χ3v) is 5.42. The summed E-state index contributed by atoms with van der Waals surface area (Å²) in [6.45, 7) is 5.21. The summed E-state index contributed by atoms with van der Waals surface area (Å²) in [5.41, 5.74) is 2.25. The zero-order valence-electron chi connectivity index (χ0n) is 18.1. The molecule has 0 aliphatic carbocycles. The molecule has 0 bridgehead atoms. The SMILES string of the molecule is CCOc1cc2c(cc1OCC)[C@@H](CC(=O)O)N(C(=O)Nc1ccc3c(c1)OCO3)CC2. The standard InChI is InChI=1S/C23H26N2O7/c1-3-29-19-9-14-7-8-25(17(12-22(26)27)16(14)11-21(19)30-4-2)23(28)24-15-5-6-18-20(10-15)32-13-31-18/h5-6,9-11,17H,3-4,7-8,12-13H2,1-2H3,(H,24,28)(H,26,27)/t17-/m1/s1. The molecule has 1 atom stereocenters. The molecule has 2 aliphatic heterocycles. The molecule has 0 aromatic heterocycles. The van der Waals surface area contributed by atoms with E-state index in [2.05, 4.69) is 5.32 Å². The number of aliphatic carboxylic acids is 1. The number of carbonyl (C=O) groups excluding carboxylic acids is 1. The van der Waals surface area contributed by atoms with Crippen molar-refractivity contribution in [3.05, 3.63) is 41.5 Å². The van der Waals surface area contributed by atoms with E-state index >= 15 is 0 Å². The van der Waals surface area contributed by atoms with Gasteiger partial charge in [-0.1, -0.05) is 0 Å². The van der Waals surface area contributed by atoms with E-state index in [1.54, 1.807) is 29.2 Å². The van der Waals surface area contributed by atoms with E-state index in [4.69, 9.17) is 18.9 Å². The Labute approximate surface area is 185 Å². The van der Waals surface area contributed by atoms with Gasteiger partial charge in [-0.3, -0.25) is 4.79 Å². The van der Waals surface area contributed by atoms with Crippen molar-refractivity contribution in [3.63, 3.8) is 0 Å². The lowest BCUT2D eigenvalue weighted by molar-refractivity contribution is -0.138. The molecule has 9 heteroatoms. The molecule has 2 amide bonds. The number of fused-ring (bicyclic) bond motifs is 2. The van der Waals surface area contributed by atoms with Gasteiger partial charge in [0.25, 0.3) is 0 Å². The first-order chi connectivity index (χ1) is 15.5. The van der Waals surface area contributed by atoms with Gasteiger partial charge in [0.2, 0.25) is 6.79 Å². The van der Waals surface area contributed by atoms with Gasteiger partial charge in [-0.25, -0.2) is 4.79 Å². The number of hydrogen-bond donors (Lipinski definition) is 2. The first-order valence-corrected chi connectivity index (χ1v) is 10.6. The Hall–Kier alpha value is -3.62. The fraction of sp³-hybridized carbons (Fsp3) is 0.391. The highest BCUT2D eigenvalue weighted by atomic mass is 16.7. The number of ether oxygens (including phenoxy) is 4. The van der Waals surface area contributed by atoms with Crippen LogP contribution in [0, 0.1) is 0 Å². The summed E-state index contributed by atoms with van der Waals surface area (Å²) in [6, 6.07) is 7.81. The first-order valence-electron chi connectivity index (χ1n) is 10.6. The van der Waals surface area contributed by atoms with Gasteiger partial charge in [-0.15, -0.1) is 0 Å². The normalized spacial score (nSPS) is 16.3. The number of anilines is 1. The van der Waals surface area contributed by atoms with Crippen LogP contribution in [-0.2, 0) is 11.2 Å². The van der Waals surface area contributed by atoms with E-state index in [0.717, 1.165) is 11.1 Å². The Bertz CT molecular complexity index is 1020. The van der Waals surface area contributed by atoms with E-state index in [9.17, 15) is 14.7 Å². The molecule has 0 unspecified atom stereocenters. The van der Waals surface area contributed by atoms with Crippen molar-refractivity contribution in [1.82, 2.24) is 4.90 Å². The number of carboxylic acid groups (broad SMARTS) is 1. The maximum absolute atomic E-state index is 13.1. The van der Waals surface area contributed by atoms with Gasteiger partial charge in [0.05, 0.1) is 25.7 Å². The van der Waals surface area contributed by atoms with Crippen LogP contribution in [0.1, 0.15) is 37.4 Å². The minimum absolute atomic E-state index is 0.141. The maximum atomic E-state index is 13.1. The van der Waals surface area contributed by atoms with Crippen LogP contribution < -0.4 is 24.3 Å². The molecule has 9 nitrogen and oxygen atoms in total. The highest BCUT2D eigenvalue weighted by Crippen LogP contribution is 2.40. The Morgan fingerprint density at radius 1 is 1.09 bits per heavy atom. The van der Waals surface area contributed by atoms with Crippen molar-refractivity contribution < 1.29 is 33.6 Å². The van der Waals surface area contributed by atoms with Crippen molar-refractivity contribution in [2.75, 3.05) is 31.9 Å². The molecule has 0 spiro atoms. The molecular formula is C23H26N2O7. The van der Waals surface area contributed by atoms with Crippen LogP contribution in [0.4, 0.5) is 10.5 Å². The quantitative estimate of drug-likeness (QED) is 0.671. The molecule has 2 aromatic carbocycles. The van der Waals surface area contributed by atoms with E-state index in [0.29, 0.717) is 54.9 Å². The third kappa shape index (κ3) is 4.37. The van der Waals surface area contributed by atoms with E-state index < -0.39 is 12.0 Å². The topological polar surface area (TPSA) is 107 Å². The van der Waals surface area contributed by atoms with Gasteiger partial charge < -0.3 is 34.3 Å². The van der Waals surface area contributed by atoms with Gasteiger partial charge in [-0.05, 0) is 55.7 Å². The van der Waals surface area contributed by atoms with Crippen LogP contribution in [0.2, 0.25) is 0 Å². The summed E-state index contributed by atoms with van der Waals surface area (Å²) >= 11 is 0. The monoisotopic (exact) mass is 442 g/mol. The zero-order chi connectivity index (χ0) is 22.7. The third-order valence-electron chi connectivity index (χ3n) is 5.42. The van der Waals surface area contributed by atoms with Gasteiger partial charge in [0, 0.05) is 18.3 Å². The Morgan fingerprint density at radius 3 is 2.53 bits per heavy atom. The van der Waals surface area contributed by atoms with Crippen molar-refractivity contribution in [1.29, 1.82) is 0 Å². The number of carbonyl (C=O) groups is 2. The molecule has 2 N–H and O–H groups in total. The molecule has 2 aromatic rings. The molecule has 2 aliphatic rings. The summed E-state index contributed by atoms with van der Waals surface area (Å²) < 4.78 is 22.1. The molecule has 170 valence electrons. The van der Waals surface area contributed by atoms with Crippen LogP contribution in [0.5, 0.6) is 23.0 Å². The number of amides is 2. The lowest BCUT2D eigenvalue weighted by Crippen LogP contribution is -2.43. The minimum Gasteiger partial charge on any atom is -0.490 e. The molecule has 4 rings (SSSR count). The van der Waals surface area contributed by atoms with E-state index in [1.807, 2.05) is 19.9 Å². The second kappa shape index (κ2) is 9.25. The molecule has 32 heavy (non-hydrogen) atoms. The fourth-order valence-corrected chi connectivity index (χ4v) is 4.04. The molecule has 0 saturated heterocycles. The molecular weight excluding hydrogens is 416 g/mol. The lowest BCUT2D eigenvalue weighted by Gasteiger charge is -2.37. The maximum Gasteiger partial charge on any atom is 0.322 e.